The van der Waals surface area contributed by atoms with Crippen molar-refractivity contribution in [2.24, 2.45) is 0 Å². The first-order chi connectivity index (χ1) is 9.97. The van der Waals surface area contributed by atoms with Crippen molar-refractivity contribution >= 4 is 5.91 Å². The Balaban J connectivity index is 1.87. The fraction of sp³-hybridized carbons (Fsp3) is 0.714. The molecule has 2 rings (SSSR count). The van der Waals surface area contributed by atoms with E-state index in [1.54, 1.807) is 0 Å². The quantitative estimate of drug-likeness (QED) is 0.744. The predicted molar refractivity (Wildman–Crippen MR) is 75.3 cm³/mol. The van der Waals surface area contributed by atoms with Crippen LogP contribution in [0, 0.1) is 0 Å². The van der Waals surface area contributed by atoms with E-state index < -0.39 is 6.43 Å². The van der Waals surface area contributed by atoms with E-state index in [2.05, 4.69) is 10.4 Å². The molecule has 1 aliphatic rings. The molecule has 0 unspecified atom stereocenters. The van der Waals surface area contributed by atoms with Gasteiger partial charge in [0.15, 0.2) is 0 Å². The van der Waals surface area contributed by atoms with Crippen molar-refractivity contribution in [3.05, 3.63) is 17.5 Å². The second-order valence-electron chi connectivity index (χ2n) is 5.73. The van der Waals surface area contributed by atoms with Gasteiger partial charge in [-0.3, -0.25) is 9.48 Å². The third kappa shape index (κ3) is 4.77. The van der Waals surface area contributed by atoms with Crippen molar-refractivity contribution in [2.45, 2.75) is 38.2 Å². The standard InChI is InChI=1S/C14H22F2N4O/c1-19(2)7-3-6-17-13(21)9-20-12(10-4-5-10)8-11(18-20)14(15)16/h8,10,14H,3-7,9H2,1-2H3,(H,17,21). The van der Waals surface area contributed by atoms with Crippen LogP contribution in [0.5, 0.6) is 0 Å². The van der Waals surface area contributed by atoms with Crippen molar-refractivity contribution in [3.63, 3.8) is 0 Å². The zero-order chi connectivity index (χ0) is 15.4. The van der Waals surface area contributed by atoms with Crippen LogP contribution in [0.1, 0.15) is 43.0 Å². The monoisotopic (exact) mass is 300 g/mol. The first kappa shape index (κ1) is 15.9. The average molecular weight is 300 g/mol. The summed E-state index contributed by atoms with van der Waals surface area (Å²) >= 11 is 0. The van der Waals surface area contributed by atoms with Gasteiger partial charge in [-0.1, -0.05) is 0 Å². The molecule has 0 saturated heterocycles. The molecule has 1 fully saturated rings. The predicted octanol–water partition coefficient (Wildman–Crippen LogP) is 1.77. The number of hydrogen-bond acceptors (Lipinski definition) is 3. The van der Waals surface area contributed by atoms with E-state index in [9.17, 15) is 13.6 Å². The normalized spacial score (nSPS) is 15.0. The molecule has 1 heterocycles. The van der Waals surface area contributed by atoms with Gasteiger partial charge in [0, 0.05) is 18.2 Å². The molecule has 0 aromatic carbocycles. The molecule has 0 atom stereocenters. The van der Waals surface area contributed by atoms with E-state index in [0.29, 0.717) is 6.54 Å². The van der Waals surface area contributed by atoms with E-state index in [1.165, 1.54) is 10.7 Å². The summed E-state index contributed by atoms with van der Waals surface area (Å²) < 4.78 is 26.9. The van der Waals surface area contributed by atoms with Crippen LogP contribution in [0.3, 0.4) is 0 Å². The number of halogens is 2. The highest BCUT2D eigenvalue weighted by Crippen LogP contribution is 2.41. The Hall–Kier alpha value is -1.50. The van der Waals surface area contributed by atoms with Gasteiger partial charge in [0.2, 0.25) is 5.91 Å². The Labute approximate surface area is 123 Å². The number of aromatic nitrogens is 2. The van der Waals surface area contributed by atoms with E-state index in [-0.39, 0.29) is 24.1 Å². The van der Waals surface area contributed by atoms with Crippen molar-refractivity contribution in [1.29, 1.82) is 0 Å². The molecule has 1 saturated carbocycles. The summed E-state index contributed by atoms with van der Waals surface area (Å²) in [7, 11) is 3.94. The third-order valence-electron chi connectivity index (χ3n) is 3.45. The molecule has 1 amide bonds. The minimum absolute atomic E-state index is 0.0144. The van der Waals surface area contributed by atoms with Crippen LogP contribution in [0.25, 0.3) is 0 Å². The van der Waals surface area contributed by atoms with Crippen molar-refractivity contribution in [1.82, 2.24) is 20.0 Å². The van der Waals surface area contributed by atoms with Gasteiger partial charge < -0.3 is 10.2 Å². The molecule has 0 spiro atoms. The Kier molecular flexibility index (Phi) is 5.27. The zero-order valence-electron chi connectivity index (χ0n) is 12.5. The lowest BCUT2D eigenvalue weighted by atomic mass is 10.2. The van der Waals surface area contributed by atoms with E-state index >= 15 is 0 Å². The smallest absolute Gasteiger partial charge is 0.282 e. The first-order valence-corrected chi connectivity index (χ1v) is 7.24. The largest absolute Gasteiger partial charge is 0.354 e. The van der Waals surface area contributed by atoms with E-state index in [4.69, 9.17) is 0 Å². The molecule has 0 aliphatic heterocycles. The summed E-state index contributed by atoms with van der Waals surface area (Å²) in [5.41, 5.74) is 0.519. The molecule has 21 heavy (non-hydrogen) atoms. The number of carbonyl (C=O) groups is 1. The second kappa shape index (κ2) is 6.98. The number of hydrogen-bond donors (Lipinski definition) is 1. The Morgan fingerprint density at radius 3 is 2.81 bits per heavy atom. The molecule has 118 valence electrons. The van der Waals surface area contributed by atoms with Crippen LogP contribution in [0.15, 0.2) is 6.07 Å². The van der Waals surface area contributed by atoms with Crippen molar-refractivity contribution in [2.75, 3.05) is 27.2 Å². The van der Waals surface area contributed by atoms with Gasteiger partial charge in [-0.25, -0.2) is 8.78 Å². The van der Waals surface area contributed by atoms with Crippen LogP contribution in [-0.4, -0.2) is 47.8 Å². The zero-order valence-corrected chi connectivity index (χ0v) is 12.5. The topological polar surface area (TPSA) is 50.2 Å². The van der Waals surface area contributed by atoms with Crippen molar-refractivity contribution in [3.8, 4) is 0 Å². The molecule has 1 N–H and O–H groups in total. The molecule has 0 radical (unpaired) electrons. The highest BCUT2D eigenvalue weighted by Gasteiger charge is 2.30. The molecule has 1 aliphatic carbocycles. The summed E-state index contributed by atoms with van der Waals surface area (Å²) in [6.07, 6.45) is 0.236. The fourth-order valence-corrected chi connectivity index (χ4v) is 2.21. The summed E-state index contributed by atoms with van der Waals surface area (Å²) in [5.74, 6) is 0.103. The molecule has 1 aromatic heterocycles. The maximum absolute atomic E-state index is 12.7. The number of alkyl halides is 2. The molecular weight excluding hydrogens is 278 g/mol. The van der Waals surface area contributed by atoms with Gasteiger partial charge in [-0.15, -0.1) is 0 Å². The van der Waals surface area contributed by atoms with Crippen molar-refractivity contribution < 1.29 is 13.6 Å². The molecule has 1 aromatic rings. The van der Waals surface area contributed by atoms with Crippen LogP contribution in [-0.2, 0) is 11.3 Å². The van der Waals surface area contributed by atoms with Crippen LogP contribution >= 0.6 is 0 Å². The summed E-state index contributed by atoms with van der Waals surface area (Å²) in [6, 6.07) is 1.43. The van der Waals surface area contributed by atoms with E-state index in [1.807, 2.05) is 19.0 Å². The SMILES string of the molecule is CN(C)CCCNC(=O)Cn1nc(C(F)F)cc1C1CC1. The van der Waals surface area contributed by atoms with Gasteiger partial charge in [0.05, 0.1) is 0 Å². The van der Waals surface area contributed by atoms with Gasteiger partial charge in [-0.05, 0) is 46.0 Å². The molecule has 5 nitrogen and oxygen atoms in total. The maximum Gasteiger partial charge on any atom is 0.282 e. The fourth-order valence-electron chi connectivity index (χ4n) is 2.21. The lowest BCUT2D eigenvalue weighted by Crippen LogP contribution is -2.31. The van der Waals surface area contributed by atoms with E-state index in [0.717, 1.165) is 31.5 Å². The Morgan fingerprint density at radius 1 is 1.52 bits per heavy atom. The van der Waals surface area contributed by atoms with Crippen LogP contribution in [0.4, 0.5) is 8.78 Å². The van der Waals surface area contributed by atoms with Gasteiger partial charge in [-0.2, -0.15) is 5.10 Å². The Bertz CT molecular complexity index is 483. The maximum atomic E-state index is 12.7. The minimum Gasteiger partial charge on any atom is -0.354 e. The second-order valence-corrected chi connectivity index (χ2v) is 5.73. The van der Waals surface area contributed by atoms with Crippen LogP contribution in [0.2, 0.25) is 0 Å². The summed E-state index contributed by atoms with van der Waals surface area (Å²) in [4.78, 5) is 13.9. The van der Waals surface area contributed by atoms with Gasteiger partial charge in [0.25, 0.3) is 6.43 Å². The lowest BCUT2D eigenvalue weighted by molar-refractivity contribution is -0.121. The summed E-state index contributed by atoms with van der Waals surface area (Å²) in [5, 5.41) is 6.66. The van der Waals surface area contributed by atoms with Crippen LogP contribution < -0.4 is 5.32 Å². The number of amides is 1. The first-order valence-electron chi connectivity index (χ1n) is 7.24. The summed E-state index contributed by atoms with van der Waals surface area (Å²) in [6.45, 7) is 1.49. The number of rotatable bonds is 8. The van der Waals surface area contributed by atoms with Gasteiger partial charge in [0.1, 0.15) is 12.2 Å². The number of nitrogens with zero attached hydrogens (tertiary/aromatic N) is 3. The number of nitrogens with one attached hydrogen (secondary N) is 1. The highest BCUT2D eigenvalue weighted by molar-refractivity contribution is 5.75. The average Bonchev–Trinajstić information content (AvgIpc) is 3.16. The third-order valence-corrected chi connectivity index (χ3v) is 3.45. The van der Waals surface area contributed by atoms with Gasteiger partial charge >= 0.3 is 0 Å². The molecule has 0 bridgehead atoms. The number of carbonyl (C=O) groups excluding carboxylic acids is 1. The Morgan fingerprint density at radius 2 is 2.24 bits per heavy atom. The lowest BCUT2D eigenvalue weighted by Gasteiger charge is -2.10. The molecule has 7 heteroatoms. The molecular formula is C14H22F2N4O. The highest BCUT2D eigenvalue weighted by atomic mass is 19.3. The minimum atomic E-state index is -2.59.